The lowest BCUT2D eigenvalue weighted by Gasteiger charge is -2.17. The van der Waals surface area contributed by atoms with Crippen molar-refractivity contribution in [2.75, 3.05) is 18.4 Å². The standard InChI is InChI=1S/C20H18N2O3/c23-19(18-13-14-7-1-4-10-17(14)25-18)21-16-9-3-2-8-15(16)20(24)22-11-5-6-12-22/h1-4,7-10,13H,5-6,11-12H2,(H,21,23). The molecular formula is C20H18N2O3. The molecule has 0 spiro atoms. The van der Waals surface area contributed by atoms with Crippen molar-refractivity contribution < 1.29 is 14.0 Å². The van der Waals surface area contributed by atoms with Crippen LogP contribution in [-0.2, 0) is 0 Å². The van der Waals surface area contributed by atoms with Crippen LogP contribution in [0.25, 0.3) is 11.0 Å². The number of hydrogen-bond donors (Lipinski definition) is 1. The first kappa shape index (κ1) is 15.4. The van der Waals surface area contributed by atoms with Gasteiger partial charge in [0.2, 0.25) is 0 Å². The number of anilines is 1. The highest BCUT2D eigenvalue weighted by Gasteiger charge is 2.23. The average molecular weight is 334 g/mol. The van der Waals surface area contributed by atoms with Gasteiger partial charge in [0.15, 0.2) is 5.76 Å². The number of carbonyl (C=O) groups excluding carboxylic acids is 2. The number of nitrogens with one attached hydrogen (secondary N) is 1. The van der Waals surface area contributed by atoms with Crippen molar-refractivity contribution >= 4 is 28.5 Å². The lowest BCUT2D eigenvalue weighted by atomic mass is 10.1. The Morgan fingerprint density at radius 3 is 2.48 bits per heavy atom. The summed E-state index contributed by atoms with van der Waals surface area (Å²) in [4.78, 5) is 27.1. The van der Waals surface area contributed by atoms with Crippen molar-refractivity contribution in [1.29, 1.82) is 0 Å². The summed E-state index contributed by atoms with van der Waals surface area (Å²) in [6, 6.07) is 16.3. The molecule has 5 nitrogen and oxygen atoms in total. The minimum Gasteiger partial charge on any atom is -0.451 e. The van der Waals surface area contributed by atoms with Gasteiger partial charge in [-0.25, -0.2) is 0 Å². The third-order valence-electron chi connectivity index (χ3n) is 4.45. The molecule has 0 radical (unpaired) electrons. The first-order valence-corrected chi connectivity index (χ1v) is 8.40. The van der Waals surface area contributed by atoms with Gasteiger partial charge in [0.25, 0.3) is 11.8 Å². The second kappa shape index (κ2) is 6.43. The highest BCUT2D eigenvalue weighted by atomic mass is 16.3. The molecule has 0 saturated carbocycles. The fourth-order valence-corrected chi connectivity index (χ4v) is 3.15. The van der Waals surface area contributed by atoms with Gasteiger partial charge < -0.3 is 14.6 Å². The number of likely N-dealkylation sites (tertiary alicyclic amines) is 1. The molecule has 5 heteroatoms. The summed E-state index contributed by atoms with van der Waals surface area (Å²) in [6.45, 7) is 1.54. The number of para-hydroxylation sites is 2. The van der Waals surface area contributed by atoms with Crippen molar-refractivity contribution in [3.05, 3.63) is 65.9 Å². The van der Waals surface area contributed by atoms with Crippen molar-refractivity contribution in [1.82, 2.24) is 4.90 Å². The maximum atomic E-state index is 12.7. The molecule has 1 N–H and O–H groups in total. The molecule has 1 aromatic heterocycles. The second-order valence-electron chi connectivity index (χ2n) is 6.15. The SMILES string of the molecule is O=C(Nc1ccccc1C(=O)N1CCCC1)c1cc2ccccc2o1. The Labute approximate surface area is 145 Å². The minimum atomic E-state index is -0.363. The van der Waals surface area contributed by atoms with Gasteiger partial charge in [-0.05, 0) is 37.1 Å². The van der Waals surface area contributed by atoms with Crippen LogP contribution in [0.2, 0.25) is 0 Å². The van der Waals surface area contributed by atoms with Crippen LogP contribution in [0.3, 0.4) is 0 Å². The van der Waals surface area contributed by atoms with E-state index in [0.717, 1.165) is 31.3 Å². The Bertz CT molecular complexity index is 906. The van der Waals surface area contributed by atoms with Crippen LogP contribution in [0.1, 0.15) is 33.8 Å². The molecule has 1 aliphatic heterocycles. The lowest BCUT2D eigenvalue weighted by Crippen LogP contribution is -2.28. The summed E-state index contributed by atoms with van der Waals surface area (Å²) < 4.78 is 5.59. The van der Waals surface area contributed by atoms with Crippen molar-refractivity contribution in [2.24, 2.45) is 0 Å². The van der Waals surface area contributed by atoms with Crippen molar-refractivity contribution in [3.8, 4) is 0 Å². The van der Waals surface area contributed by atoms with Crippen LogP contribution >= 0.6 is 0 Å². The van der Waals surface area contributed by atoms with E-state index >= 15 is 0 Å². The molecule has 0 bridgehead atoms. The van der Waals surface area contributed by atoms with Crippen molar-refractivity contribution in [2.45, 2.75) is 12.8 Å². The topological polar surface area (TPSA) is 62.6 Å². The maximum absolute atomic E-state index is 12.7. The predicted molar refractivity (Wildman–Crippen MR) is 95.7 cm³/mol. The van der Waals surface area contributed by atoms with E-state index in [2.05, 4.69) is 5.32 Å². The van der Waals surface area contributed by atoms with Crippen LogP contribution < -0.4 is 5.32 Å². The van der Waals surface area contributed by atoms with E-state index in [1.165, 1.54) is 0 Å². The number of rotatable bonds is 3. The molecule has 126 valence electrons. The third-order valence-corrected chi connectivity index (χ3v) is 4.45. The Morgan fingerprint density at radius 2 is 1.68 bits per heavy atom. The quantitative estimate of drug-likeness (QED) is 0.789. The number of furan rings is 1. The van der Waals surface area contributed by atoms with E-state index in [1.807, 2.05) is 29.2 Å². The van der Waals surface area contributed by atoms with Crippen molar-refractivity contribution in [3.63, 3.8) is 0 Å². The number of amides is 2. The smallest absolute Gasteiger partial charge is 0.291 e. The highest BCUT2D eigenvalue weighted by Crippen LogP contribution is 2.23. The number of carbonyl (C=O) groups is 2. The number of benzene rings is 2. The molecular weight excluding hydrogens is 316 g/mol. The summed E-state index contributed by atoms with van der Waals surface area (Å²) >= 11 is 0. The normalized spacial score (nSPS) is 14.0. The molecule has 0 aliphatic carbocycles. The predicted octanol–water partition coefficient (Wildman–Crippen LogP) is 3.92. The fraction of sp³-hybridized carbons (Fsp3) is 0.200. The molecule has 2 heterocycles. The van der Waals surface area contributed by atoms with Gasteiger partial charge in [0, 0.05) is 18.5 Å². The molecule has 1 fully saturated rings. The zero-order valence-electron chi connectivity index (χ0n) is 13.7. The van der Waals surface area contributed by atoms with E-state index in [0.29, 0.717) is 16.8 Å². The summed E-state index contributed by atoms with van der Waals surface area (Å²) in [5, 5.41) is 3.68. The summed E-state index contributed by atoms with van der Waals surface area (Å²) in [7, 11) is 0. The van der Waals surface area contributed by atoms with Crippen LogP contribution in [0.15, 0.2) is 59.0 Å². The highest BCUT2D eigenvalue weighted by molar-refractivity contribution is 6.09. The molecule has 0 unspecified atom stereocenters. The first-order valence-electron chi connectivity index (χ1n) is 8.40. The Kier molecular flexibility index (Phi) is 3.98. The zero-order chi connectivity index (χ0) is 17.2. The van der Waals surface area contributed by atoms with Crippen LogP contribution in [-0.4, -0.2) is 29.8 Å². The maximum Gasteiger partial charge on any atom is 0.291 e. The van der Waals surface area contributed by atoms with Crippen LogP contribution in [0, 0.1) is 0 Å². The van der Waals surface area contributed by atoms with Gasteiger partial charge in [0.05, 0.1) is 11.3 Å². The molecule has 1 saturated heterocycles. The summed E-state index contributed by atoms with van der Waals surface area (Å²) in [5.41, 5.74) is 1.67. The summed E-state index contributed by atoms with van der Waals surface area (Å²) in [5.74, 6) is -0.180. The van der Waals surface area contributed by atoms with Gasteiger partial charge in [-0.1, -0.05) is 30.3 Å². The van der Waals surface area contributed by atoms with Gasteiger partial charge in [-0.15, -0.1) is 0 Å². The number of hydrogen-bond acceptors (Lipinski definition) is 3. The first-order chi connectivity index (χ1) is 12.2. The molecule has 2 amide bonds. The molecule has 25 heavy (non-hydrogen) atoms. The van der Waals surface area contributed by atoms with Crippen LogP contribution in [0.5, 0.6) is 0 Å². The molecule has 2 aromatic carbocycles. The van der Waals surface area contributed by atoms with Crippen LogP contribution in [0.4, 0.5) is 5.69 Å². The minimum absolute atomic E-state index is 0.0435. The Hall–Kier alpha value is -3.08. The third kappa shape index (κ3) is 3.01. The van der Waals surface area contributed by atoms with E-state index in [1.54, 1.807) is 30.3 Å². The van der Waals surface area contributed by atoms with Gasteiger partial charge in [0.1, 0.15) is 5.58 Å². The van der Waals surface area contributed by atoms with Gasteiger partial charge >= 0.3 is 0 Å². The van der Waals surface area contributed by atoms with E-state index in [4.69, 9.17) is 4.42 Å². The summed E-state index contributed by atoms with van der Waals surface area (Å²) in [6.07, 6.45) is 2.05. The second-order valence-corrected chi connectivity index (χ2v) is 6.15. The largest absolute Gasteiger partial charge is 0.451 e. The van der Waals surface area contributed by atoms with E-state index in [9.17, 15) is 9.59 Å². The fourth-order valence-electron chi connectivity index (χ4n) is 3.15. The lowest BCUT2D eigenvalue weighted by molar-refractivity contribution is 0.0794. The monoisotopic (exact) mass is 334 g/mol. The van der Waals surface area contributed by atoms with Gasteiger partial charge in [-0.2, -0.15) is 0 Å². The number of nitrogens with zero attached hydrogens (tertiary/aromatic N) is 1. The number of fused-ring (bicyclic) bond motifs is 1. The zero-order valence-corrected chi connectivity index (χ0v) is 13.7. The molecule has 0 atom stereocenters. The van der Waals surface area contributed by atoms with Gasteiger partial charge in [-0.3, -0.25) is 9.59 Å². The molecule has 3 aromatic rings. The molecule has 4 rings (SSSR count). The Balaban J connectivity index is 1.59. The Morgan fingerprint density at radius 1 is 0.960 bits per heavy atom. The van der Waals surface area contributed by atoms with E-state index < -0.39 is 0 Å². The molecule has 1 aliphatic rings. The van der Waals surface area contributed by atoms with E-state index in [-0.39, 0.29) is 17.6 Å². The average Bonchev–Trinajstić information content (AvgIpc) is 3.31.